The maximum atomic E-state index is 13.9. The van der Waals surface area contributed by atoms with Crippen LogP contribution in [-0.4, -0.2) is 64.9 Å². The van der Waals surface area contributed by atoms with Gasteiger partial charge in [0.2, 0.25) is 11.8 Å². The number of amides is 2. The SMILES string of the molecule is CC(C)(C)C[C@H](NC1CCCC1)C(=O)N1C[C@H]2CC[C@H](N(C(=O)[C@@H](N)CC(C)(C)C)C3CCCC3)[C@H]2C1. The maximum Gasteiger partial charge on any atom is 0.240 e. The van der Waals surface area contributed by atoms with Gasteiger partial charge in [0.15, 0.2) is 0 Å². The number of rotatable bonds is 8. The van der Waals surface area contributed by atoms with Gasteiger partial charge >= 0.3 is 0 Å². The van der Waals surface area contributed by atoms with Crippen molar-refractivity contribution in [1.82, 2.24) is 15.1 Å². The Morgan fingerprint density at radius 1 is 0.865 bits per heavy atom. The predicted molar refractivity (Wildman–Crippen MR) is 151 cm³/mol. The van der Waals surface area contributed by atoms with Gasteiger partial charge in [0.25, 0.3) is 0 Å². The lowest BCUT2D eigenvalue weighted by Crippen LogP contribution is -2.55. The Labute approximate surface area is 226 Å². The van der Waals surface area contributed by atoms with Crippen LogP contribution >= 0.6 is 0 Å². The van der Waals surface area contributed by atoms with E-state index < -0.39 is 6.04 Å². The molecule has 6 nitrogen and oxygen atoms in total. The highest BCUT2D eigenvalue weighted by Gasteiger charge is 2.50. The third kappa shape index (κ3) is 7.29. The second-order valence-corrected chi connectivity index (χ2v) is 15.3. The van der Waals surface area contributed by atoms with E-state index in [1.165, 1.54) is 38.5 Å². The number of hydrogen-bond donors (Lipinski definition) is 2. The van der Waals surface area contributed by atoms with Gasteiger partial charge in [-0.1, -0.05) is 67.2 Å². The summed E-state index contributed by atoms with van der Waals surface area (Å²) in [5.41, 5.74) is 6.69. The predicted octanol–water partition coefficient (Wildman–Crippen LogP) is 5.10. The zero-order valence-electron chi connectivity index (χ0n) is 24.7. The van der Waals surface area contributed by atoms with Crippen LogP contribution in [0.1, 0.15) is 119 Å². The average molecular weight is 517 g/mol. The summed E-state index contributed by atoms with van der Waals surface area (Å²) < 4.78 is 0. The molecule has 0 aromatic rings. The van der Waals surface area contributed by atoms with E-state index in [4.69, 9.17) is 5.73 Å². The summed E-state index contributed by atoms with van der Waals surface area (Å²) >= 11 is 0. The Bertz CT molecular complexity index is 788. The fourth-order valence-electron chi connectivity index (χ4n) is 7.92. The molecule has 4 fully saturated rings. The number of nitrogens with two attached hydrogens (primary N) is 1. The van der Waals surface area contributed by atoms with E-state index in [0.29, 0.717) is 30.3 Å². The summed E-state index contributed by atoms with van der Waals surface area (Å²) in [5, 5.41) is 3.78. The molecule has 3 saturated carbocycles. The molecule has 3 aliphatic carbocycles. The summed E-state index contributed by atoms with van der Waals surface area (Å²) in [6.07, 6.45) is 13.3. The summed E-state index contributed by atoms with van der Waals surface area (Å²) in [5.74, 6) is 1.34. The van der Waals surface area contributed by atoms with Gasteiger partial charge < -0.3 is 20.9 Å². The minimum Gasteiger partial charge on any atom is -0.341 e. The third-order valence-electron chi connectivity index (χ3n) is 9.52. The minimum atomic E-state index is -0.439. The van der Waals surface area contributed by atoms with E-state index in [1.807, 2.05) is 0 Å². The van der Waals surface area contributed by atoms with Crippen molar-refractivity contribution in [2.75, 3.05) is 13.1 Å². The van der Waals surface area contributed by atoms with Crippen molar-refractivity contribution in [3.8, 4) is 0 Å². The summed E-state index contributed by atoms with van der Waals surface area (Å²) in [6, 6.07) is 0.489. The summed E-state index contributed by atoms with van der Waals surface area (Å²) in [7, 11) is 0. The molecule has 3 N–H and O–H groups in total. The second kappa shape index (κ2) is 11.5. The molecular formula is C31H56N4O2. The van der Waals surface area contributed by atoms with Gasteiger partial charge in [-0.05, 0) is 68.1 Å². The largest absolute Gasteiger partial charge is 0.341 e. The van der Waals surface area contributed by atoms with Crippen LogP contribution in [0.25, 0.3) is 0 Å². The van der Waals surface area contributed by atoms with Crippen LogP contribution in [0.2, 0.25) is 0 Å². The lowest BCUT2D eigenvalue weighted by molar-refractivity contribution is -0.139. The number of nitrogens with one attached hydrogen (secondary N) is 1. The Kier molecular flexibility index (Phi) is 9.00. The number of hydrogen-bond acceptors (Lipinski definition) is 4. The number of likely N-dealkylation sites (tertiary alicyclic amines) is 1. The Morgan fingerprint density at radius 2 is 1.46 bits per heavy atom. The molecule has 4 rings (SSSR count). The first kappa shape index (κ1) is 28.9. The first-order valence-electron chi connectivity index (χ1n) is 15.4. The molecule has 0 unspecified atom stereocenters. The van der Waals surface area contributed by atoms with Crippen molar-refractivity contribution in [2.45, 2.75) is 149 Å². The molecule has 0 bridgehead atoms. The minimum absolute atomic E-state index is 0.0274. The molecular weight excluding hydrogens is 460 g/mol. The van der Waals surface area contributed by atoms with Gasteiger partial charge in [-0.15, -0.1) is 0 Å². The molecule has 1 saturated heterocycles. The number of nitrogens with zero attached hydrogens (tertiary/aromatic N) is 2. The molecule has 6 heteroatoms. The Hall–Kier alpha value is -1.14. The Balaban J connectivity index is 1.48. The van der Waals surface area contributed by atoms with Crippen molar-refractivity contribution >= 4 is 11.8 Å². The quantitative estimate of drug-likeness (QED) is 0.471. The molecule has 4 aliphatic rings. The maximum absolute atomic E-state index is 13.9. The second-order valence-electron chi connectivity index (χ2n) is 15.3. The molecule has 212 valence electrons. The van der Waals surface area contributed by atoms with E-state index in [0.717, 1.165) is 45.2 Å². The lowest BCUT2D eigenvalue weighted by atomic mass is 9.87. The number of fused-ring (bicyclic) bond motifs is 1. The zero-order valence-corrected chi connectivity index (χ0v) is 24.7. The van der Waals surface area contributed by atoms with E-state index in [1.54, 1.807) is 0 Å². The van der Waals surface area contributed by atoms with Crippen molar-refractivity contribution < 1.29 is 9.59 Å². The molecule has 1 aliphatic heterocycles. The highest BCUT2D eigenvalue weighted by molar-refractivity contribution is 5.83. The van der Waals surface area contributed by atoms with Gasteiger partial charge in [0, 0.05) is 37.1 Å². The molecule has 0 aromatic heterocycles. The van der Waals surface area contributed by atoms with Crippen LogP contribution in [-0.2, 0) is 9.59 Å². The topological polar surface area (TPSA) is 78.7 Å². The van der Waals surface area contributed by atoms with Gasteiger partial charge in [-0.25, -0.2) is 0 Å². The molecule has 0 radical (unpaired) electrons. The van der Waals surface area contributed by atoms with Crippen LogP contribution in [0.3, 0.4) is 0 Å². The zero-order chi connectivity index (χ0) is 27.0. The van der Waals surface area contributed by atoms with Crippen LogP contribution in [0.5, 0.6) is 0 Å². The van der Waals surface area contributed by atoms with Crippen LogP contribution in [0.15, 0.2) is 0 Å². The first-order chi connectivity index (χ1) is 17.3. The Morgan fingerprint density at radius 3 is 2.05 bits per heavy atom. The summed E-state index contributed by atoms with van der Waals surface area (Å²) in [4.78, 5) is 32.2. The van der Waals surface area contributed by atoms with Crippen LogP contribution < -0.4 is 11.1 Å². The van der Waals surface area contributed by atoms with Gasteiger partial charge in [0.05, 0.1) is 12.1 Å². The van der Waals surface area contributed by atoms with Gasteiger partial charge in [0.1, 0.15) is 0 Å². The smallest absolute Gasteiger partial charge is 0.240 e. The van der Waals surface area contributed by atoms with Gasteiger partial charge in [-0.2, -0.15) is 0 Å². The fraction of sp³-hybridized carbons (Fsp3) is 0.935. The standard InChI is InChI=1S/C31H56N4O2/c1-30(2,3)17-25(32)28(36)35(23-13-9-10-14-23)27-16-15-21-19-34(20-24(21)27)29(37)26(18-31(4,5)6)33-22-11-7-8-12-22/h21-27,33H,7-20,32H2,1-6H3/t21-,24+,25+,26+,27+/m1/s1. The van der Waals surface area contributed by atoms with Crippen molar-refractivity contribution in [2.24, 2.45) is 28.4 Å². The normalized spacial score (nSPS) is 29.1. The average Bonchev–Trinajstić information content (AvgIpc) is 3.57. The van der Waals surface area contributed by atoms with Crippen molar-refractivity contribution in [1.29, 1.82) is 0 Å². The van der Waals surface area contributed by atoms with E-state index in [9.17, 15) is 9.59 Å². The monoisotopic (exact) mass is 516 g/mol. The lowest BCUT2D eigenvalue weighted by Gasteiger charge is -2.40. The fourth-order valence-corrected chi connectivity index (χ4v) is 7.92. The molecule has 0 aromatic carbocycles. The third-order valence-corrected chi connectivity index (χ3v) is 9.52. The van der Waals surface area contributed by atoms with E-state index in [2.05, 4.69) is 56.7 Å². The molecule has 37 heavy (non-hydrogen) atoms. The van der Waals surface area contributed by atoms with Crippen molar-refractivity contribution in [3.63, 3.8) is 0 Å². The molecule has 1 heterocycles. The van der Waals surface area contributed by atoms with Gasteiger partial charge in [-0.3, -0.25) is 9.59 Å². The van der Waals surface area contributed by atoms with E-state index in [-0.39, 0.29) is 34.7 Å². The molecule has 5 atom stereocenters. The number of carbonyl (C=O) groups is 2. The number of carbonyl (C=O) groups excluding carboxylic acids is 2. The highest BCUT2D eigenvalue weighted by Crippen LogP contribution is 2.44. The highest BCUT2D eigenvalue weighted by atomic mass is 16.2. The molecule has 2 amide bonds. The van der Waals surface area contributed by atoms with Crippen molar-refractivity contribution in [3.05, 3.63) is 0 Å². The first-order valence-corrected chi connectivity index (χ1v) is 15.4. The molecule has 0 spiro atoms. The summed E-state index contributed by atoms with van der Waals surface area (Å²) in [6.45, 7) is 14.9. The van der Waals surface area contributed by atoms with Crippen LogP contribution in [0, 0.1) is 22.7 Å². The van der Waals surface area contributed by atoms with E-state index >= 15 is 0 Å². The van der Waals surface area contributed by atoms with Crippen LogP contribution in [0.4, 0.5) is 0 Å².